The summed E-state index contributed by atoms with van der Waals surface area (Å²) in [6, 6.07) is 16.1. The molecule has 11 heteroatoms. The second-order valence-electron chi connectivity index (χ2n) is 7.31. The largest absolute Gasteiger partial charge is 0.490 e. The van der Waals surface area contributed by atoms with Crippen LogP contribution in [0.1, 0.15) is 18.1 Å². The highest BCUT2D eigenvalue weighted by Crippen LogP contribution is 2.37. The van der Waals surface area contributed by atoms with Crippen LogP contribution in [0.2, 0.25) is 0 Å². The third-order valence-electron chi connectivity index (χ3n) is 4.97. The Bertz CT molecular complexity index is 1540. The lowest BCUT2D eigenvalue weighted by Crippen LogP contribution is -2.32. The molecule has 0 spiro atoms. The van der Waals surface area contributed by atoms with E-state index in [-0.39, 0.29) is 12.3 Å². The fraction of sp³-hybridized carbons (Fsp3) is 0.125. The van der Waals surface area contributed by atoms with Gasteiger partial charge in [-0.3, -0.25) is 14.9 Å². The number of aromatic amines is 1. The van der Waals surface area contributed by atoms with Gasteiger partial charge in [-0.1, -0.05) is 12.1 Å². The van der Waals surface area contributed by atoms with Gasteiger partial charge in [-0.2, -0.15) is 5.10 Å². The van der Waals surface area contributed by atoms with Gasteiger partial charge in [0.25, 0.3) is 11.2 Å². The molecule has 0 aliphatic heterocycles. The first-order valence-electron chi connectivity index (χ1n) is 10.5. The topological polar surface area (TPSA) is 129 Å². The smallest absolute Gasteiger partial charge is 0.349 e. The fourth-order valence-electron chi connectivity index (χ4n) is 3.32. The normalized spacial score (nSPS) is 11.1. The van der Waals surface area contributed by atoms with Crippen LogP contribution in [0.4, 0.5) is 5.69 Å². The Morgan fingerprint density at radius 3 is 2.57 bits per heavy atom. The third kappa shape index (κ3) is 5.30. The summed E-state index contributed by atoms with van der Waals surface area (Å²) in [5, 5.41) is 15.2. The standard InChI is InChI=1S/C24H19BrN4O6/c1-2-34-21-12-16(13-26-28-23(30)18-5-3-4-6-20(18)27-24(28)31)11-19(25)22(21)35-14-15-7-9-17(10-8-15)29(32)33/h3-13H,2,14H2,1H3,(H,27,31). The van der Waals surface area contributed by atoms with Crippen LogP contribution in [-0.2, 0) is 6.61 Å². The molecule has 35 heavy (non-hydrogen) atoms. The zero-order chi connectivity index (χ0) is 24.9. The number of nitro benzene ring substituents is 1. The SMILES string of the molecule is CCOc1cc(C=Nn2c(=O)[nH]c3ccccc3c2=O)cc(Br)c1OCc1ccc([N+](=O)[O-])cc1. The van der Waals surface area contributed by atoms with Gasteiger partial charge < -0.3 is 14.5 Å². The van der Waals surface area contributed by atoms with Crippen molar-refractivity contribution in [3.8, 4) is 11.5 Å². The zero-order valence-corrected chi connectivity index (χ0v) is 20.0. The van der Waals surface area contributed by atoms with E-state index >= 15 is 0 Å². The van der Waals surface area contributed by atoms with E-state index < -0.39 is 16.2 Å². The van der Waals surface area contributed by atoms with Crippen molar-refractivity contribution in [2.45, 2.75) is 13.5 Å². The maximum absolute atomic E-state index is 12.7. The summed E-state index contributed by atoms with van der Waals surface area (Å²) in [5.41, 5.74) is 0.542. The molecule has 178 valence electrons. The van der Waals surface area contributed by atoms with Gasteiger partial charge in [0.2, 0.25) is 0 Å². The van der Waals surface area contributed by atoms with Crippen LogP contribution in [-0.4, -0.2) is 27.4 Å². The van der Waals surface area contributed by atoms with Crippen molar-refractivity contribution in [3.05, 3.63) is 107 Å². The number of benzene rings is 3. The van der Waals surface area contributed by atoms with Crippen LogP contribution in [0.15, 0.2) is 79.8 Å². The lowest BCUT2D eigenvalue weighted by atomic mass is 10.2. The third-order valence-corrected chi connectivity index (χ3v) is 5.56. The highest BCUT2D eigenvalue weighted by Gasteiger charge is 2.13. The van der Waals surface area contributed by atoms with E-state index in [0.29, 0.717) is 39.0 Å². The molecule has 0 saturated heterocycles. The van der Waals surface area contributed by atoms with Crippen molar-refractivity contribution in [2.75, 3.05) is 6.61 Å². The van der Waals surface area contributed by atoms with Crippen molar-refractivity contribution in [3.63, 3.8) is 0 Å². The molecule has 10 nitrogen and oxygen atoms in total. The number of fused-ring (bicyclic) bond motifs is 1. The molecular weight excluding hydrogens is 520 g/mol. The number of non-ortho nitro benzene ring substituents is 1. The molecule has 0 unspecified atom stereocenters. The Morgan fingerprint density at radius 1 is 1.11 bits per heavy atom. The monoisotopic (exact) mass is 538 g/mol. The van der Waals surface area contributed by atoms with Gasteiger partial charge >= 0.3 is 5.69 Å². The first kappa shape index (κ1) is 23.9. The molecule has 0 bridgehead atoms. The zero-order valence-electron chi connectivity index (χ0n) is 18.4. The van der Waals surface area contributed by atoms with Crippen LogP contribution in [0.25, 0.3) is 10.9 Å². The average Bonchev–Trinajstić information content (AvgIpc) is 2.84. The second-order valence-corrected chi connectivity index (χ2v) is 8.17. The second kappa shape index (κ2) is 10.3. The summed E-state index contributed by atoms with van der Waals surface area (Å²) >= 11 is 3.47. The number of nitrogens with zero attached hydrogens (tertiary/aromatic N) is 3. The summed E-state index contributed by atoms with van der Waals surface area (Å²) in [5.74, 6) is 0.855. The summed E-state index contributed by atoms with van der Waals surface area (Å²) in [6.45, 7) is 2.35. The number of ether oxygens (including phenoxy) is 2. The van der Waals surface area contributed by atoms with E-state index in [1.54, 1.807) is 48.5 Å². The number of aromatic nitrogens is 2. The summed E-state index contributed by atoms with van der Waals surface area (Å²) in [4.78, 5) is 38.0. The van der Waals surface area contributed by atoms with Crippen molar-refractivity contribution in [2.24, 2.45) is 5.10 Å². The van der Waals surface area contributed by atoms with Crippen molar-refractivity contribution < 1.29 is 14.4 Å². The first-order chi connectivity index (χ1) is 16.9. The highest BCUT2D eigenvalue weighted by molar-refractivity contribution is 9.10. The average molecular weight is 539 g/mol. The number of nitro groups is 1. The maximum atomic E-state index is 12.7. The van der Waals surface area contributed by atoms with E-state index in [2.05, 4.69) is 26.0 Å². The van der Waals surface area contributed by atoms with Crippen molar-refractivity contribution >= 4 is 38.7 Å². The van der Waals surface area contributed by atoms with E-state index in [1.807, 2.05) is 6.92 Å². The van der Waals surface area contributed by atoms with Gasteiger partial charge in [0.05, 0.1) is 33.1 Å². The number of rotatable bonds is 8. The number of halogens is 1. The molecule has 0 amide bonds. The maximum Gasteiger partial charge on any atom is 0.349 e. The molecular formula is C24H19BrN4O6. The number of H-pyrrole nitrogens is 1. The van der Waals surface area contributed by atoms with Gasteiger partial charge in [0.15, 0.2) is 11.5 Å². The minimum Gasteiger partial charge on any atom is -0.490 e. The summed E-state index contributed by atoms with van der Waals surface area (Å²) in [7, 11) is 0. The van der Waals surface area contributed by atoms with Gasteiger partial charge in [-0.05, 0) is 70.4 Å². The molecule has 0 atom stereocenters. The molecule has 4 aromatic rings. The predicted molar refractivity (Wildman–Crippen MR) is 135 cm³/mol. The summed E-state index contributed by atoms with van der Waals surface area (Å²) in [6.07, 6.45) is 1.37. The van der Waals surface area contributed by atoms with E-state index in [4.69, 9.17) is 9.47 Å². The van der Waals surface area contributed by atoms with Gasteiger partial charge in [0, 0.05) is 12.1 Å². The van der Waals surface area contributed by atoms with Crippen LogP contribution in [0.3, 0.4) is 0 Å². The van der Waals surface area contributed by atoms with Crippen LogP contribution in [0.5, 0.6) is 11.5 Å². The molecule has 1 aromatic heterocycles. The molecule has 4 rings (SSSR count). The molecule has 0 aliphatic rings. The van der Waals surface area contributed by atoms with Gasteiger partial charge in [-0.15, -0.1) is 4.68 Å². The van der Waals surface area contributed by atoms with Crippen LogP contribution >= 0.6 is 15.9 Å². The number of nitrogens with one attached hydrogen (secondary N) is 1. The Labute approximate surface area is 206 Å². The van der Waals surface area contributed by atoms with Crippen LogP contribution < -0.4 is 20.7 Å². The highest BCUT2D eigenvalue weighted by atomic mass is 79.9. The van der Waals surface area contributed by atoms with E-state index in [1.165, 1.54) is 18.3 Å². The molecule has 0 radical (unpaired) electrons. The lowest BCUT2D eigenvalue weighted by Gasteiger charge is -2.14. The number of para-hydroxylation sites is 1. The Hall–Kier alpha value is -4.25. The lowest BCUT2D eigenvalue weighted by molar-refractivity contribution is -0.384. The van der Waals surface area contributed by atoms with Crippen molar-refractivity contribution in [1.29, 1.82) is 0 Å². The number of hydrogen-bond acceptors (Lipinski definition) is 7. The fourth-order valence-corrected chi connectivity index (χ4v) is 3.89. The molecule has 0 fully saturated rings. The molecule has 1 heterocycles. The Kier molecular flexibility index (Phi) is 7.06. The van der Waals surface area contributed by atoms with E-state index in [9.17, 15) is 19.7 Å². The molecule has 0 saturated carbocycles. The number of hydrogen-bond donors (Lipinski definition) is 1. The van der Waals surface area contributed by atoms with E-state index in [0.717, 1.165) is 10.2 Å². The first-order valence-corrected chi connectivity index (χ1v) is 11.3. The molecule has 1 N–H and O–H groups in total. The molecule has 3 aromatic carbocycles. The van der Waals surface area contributed by atoms with Gasteiger partial charge in [-0.25, -0.2) is 4.79 Å². The Morgan fingerprint density at radius 2 is 1.86 bits per heavy atom. The van der Waals surface area contributed by atoms with Crippen molar-refractivity contribution in [1.82, 2.24) is 9.66 Å². The molecule has 0 aliphatic carbocycles. The minimum absolute atomic E-state index is 0.00191. The van der Waals surface area contributed by atoms with Gasteiger partial charge in [0.1, 0.15) is 6.61 Å². The predicted octanol–water partition coefficient (Wildman–Crippen LogP) is 4.22. The Balaban J connectivity index is 1.61. The quantitative estimate of drug-likeness (QED) is 0.203. The van der Waals surface area contributed by atoms with Crippen LogP contribution in [0, 0.1) is 10.1 Å². The summed E-state index contributed by atoms with van der Waals surface area (Å²) < 4.78 is 12.9. The minimum atomic E-state index is -0.655.